The predicted molar refractivity (Wildman–Crippen MR) is 95.0 cm³/mol. The second kappa shape index (κ2) is 7.87. The molecule has 1 N–H and O–H groups in total. The molecule has 1 aliphatic heterocycles. The highest BCUT2D eigenvalue weighted by Crippen LogP contribution is 2.14. The topological polar surface area (TPSA) is 66.3 Å². The third-order valence-corrected chi connectivity index (χ3v) is 5.19. The molecule has 1 fully saturated rings. The zero-order chi connectivity index (χ0) is 16.9. The largest absolute Gasteiger partial charge is 0.334 e. The Bertz CT molecular complexity index is 647. The summed E-state index contributed by atoms with van der Waals surface area (Å²) in [5.41, 5.74) is 0. The third kappa shape index (κ3) is 4.00. The van der Waals surface area contributed by atoms with Gasteiger partial charge in [-0.05, 0) is 13.8 Å². The highest BCUT2D eigenvalue weighted by molar-refractivity contribution is 7.13. The zero-order valence-electron chi connectivity index (χ0n) is 14.2. The number of carbonyl (C=O) groups excluding carboxylic acids is 1. The van der Waals surface area contributed by atoms with E-state index >= 15 is 0 Å². The predicted octanol–water partition coefficient (Wildman–Crippen LogP) is 1.50. The van der Waals surface area contributed by atoms with Gasteiger partial charge in [-0.3, -0.25) is 14.6 Å². The Morgan fingerprint density at radius 1 is 1.29 bits per heavy atom. The molecule has 7 nitrogen and oxygen atoms in total. The molecule has 3 heterocycles. The minimum atomic E-state index is -0.145. The van der Waals surface area contributed by atoms with Crippen molar-refractivity contribution < 1.29 is 4.79 Å². The number of nitrogens with one attached hydrogen (secondary N) is 1. The molecule has 1 saturated heterocycles. The number of piperazine rings is 1. The van der Waals surface area contributed by atoms with Crippen LogP contribution in [0, 0.1) is 0 Å². The maximum atomic E-state index is 12.3. The van der Waals surface area contributed by atoms with Crippen molar-refractivity contribution in [2.45, 2.75) is 33.0 Å². The molecule has 1 aliphatic rings. The van der Waals surface area contributed by atoms with Crippen LogP contribution in [0.5, 0.6) is 0 Å². The Hall–Kier alpha value is -1.77. The van der Waals surface area contributed by atoms with Crippen LogP contribution in [0.15, 0.2) is 24.0 Å². The molecule has 0 aliphatic carbocycles. The van der Waals surface area contributed by atoms with E-state index in [1.807, 2.05) is 24.7 Å². The lowest BCUT2D eigenvalue weighted by molar-refractivity contribution is -0.121. The number of thiazole rings is 1. The maximum absolute atomic E-state index is 12.3. The Balaban J connectivity index is 1.48. The number of anilines is 1. The van der Waals surface area contributed by atoms with E-state index in [0.717, 1.165) is 45.1 Å². The first-order valence-electron chi connectivity index (χ1n) is 8.34. The van der Waals surface area contributed by atoms with Gasteiger partial charge in [0.05, 0.1) is 12.6 Å². The summed E-state index contributed by atoms with van der Waals surface area (Å²) in [6.07, 6.45) is 5.58. The molecule has 1 atom stereocenters. The number of carbonyl (C=O) groups is 1. The van der Waals surface area contributed by atoms with Gasteiger partial charge in [0.25, 0.3) is 0 Å². The fraction of sp³-hybridized carbons (Fsp3) is 0.562. The summed E-state index contributed by atoms with van der Waals surface area (Å²) in [4.78, 5) is 25.5. The van der Waals surface area contributed by atoms with E-state index < -0.39 is 0 Å². The molecule has 0 spiro atoms. The molecule has 0 bridgehead atoms. The first-order chi connectivity index (χ1) is 11.7. The Kier molecular flexibility index (Phi) is 5.60. The standard InChI is InChI=1S/C16H24N6OS/c1-3-21-6-4-17-14(21)12-20-7-9-22(10-8-20)13(2)15(23)19-16-18-5-11-24-16/h4-6,11,13H,3,7-10,12H2,1-2H3,(H,18,19,23)/t13-/m0/s1. The van der Waals surface area contributed by atoms with Crippen molar-refractivity contribution in [3.05, 3.63) is 29.8 Å². The molecule has 8 heteroatoms. The van der Waals surface area contributed by atoms with E-state index in [0.29, 0.717) is 5.13 Å². The van der Waals surface area contributed by atoms with Gasteiger partial charge in [0.1, 0.15) is 5.82 Å². The van der Waals surface area contributed by atoms with Crippen LogP contribution in [0.3, 0.4) is 0 Å². The molecule has 0 saturated carbocycles. The van der Waals surface area contributed by atoms with Gasteiger partial charge in [-0.25, -0.2) is 9.97 Å². The SMILES string of the molecule is CCn1ccnc1CN1CCN([C@@H](C)C(=O)Nc2nccs2)CC1. The summed E-state index contributed by atoms with van der Waals surface area (Å²) in [6, 6.07) is -0.145. The van der Waals surface area contributed by atoms with Crippen LogP contribution in [-0.4, -0.2) is 62.5 Å². The first-order valence-corrected chi connectivity index (χ1v) is 9.22. The average molecular weight is 348 g/mol. The van der Waals surface area contributed by atoms with Crippen LogP contribution >= 0.6 is 11.3 Å². The fourth-order valence-electron chi connectivity index (χ4n) is 2.95. The van der Waals surface area contributed by atoms with Gasteiger partial charge >= 0.3 is 0 Å². The number of rotatable bonds is 6. The van der Waals surface area contributed by atoms with Gasteiger partial charge in [-0.2, -0.15) is 0 Å². The van der Waals surface area contributed by atoms with Crippen molar-refractivity contribution in [2.24, 2.45) is 0 Å². The quantitative estimate of drug-likeness (QED) is 0.857. The molecule has 0 aromatic carbocycles. The lowest BCUT2D eigenvalue weighted by Crippen LogP contribution is -2.52. The van der Waals surface area contributed by atoms with Gasteiger partial charge in [0, 0.05) is 56.7 Å². The van der Waals surface area contributed by atoms with Gasteiger partial charge in [-0.15, -0.1) is 11.3 Å². The molecule has 24 heavy (non-hydrogen) atoms. The molecular formula is C16H24N6OS. The molecule has 0 radical (unpaired) electrons. The van der Waals surface area contributed by atoms with Gasteiger partial charge in [0.15, 0.2) is 5.13 Å². The van der Waals surface area contributed by atoms with Crippen LogP contribution in [-0.2, 0) is 17.9 Å². The third-order valence-electron chi connectivity index (χ3n) is 4.50. The molecule has 1 amide bonds. The van der Waals surface area contributed by atoms with Crippen LogP contribution in [0.1, 0.15) is 19.7 Å². The Morgan fingerprint density at radius 2 is 2.08 bits per heavy atom. The summed E-state index contributed by atoms with van der Waals surface area (Å²) >= 11 is 1.44. The first kappa shape index (κ1) is 17.1. The second-order valence-electron chi connectivity index (χ2n) is 5.94. The minimum absolute atomic E-state index is 0.0138. The lowest BCUT2D eigenvalue weighted by atomic mass is 10.2. The molecule has 3 rings (SSSR count). The summed E-state index contributed by atoms with van der Waals surface area (Å²) in [5, 5.41) is 5.41. The number of hydrogen-bond donors (Lipinski definition) is 1. The van der Waals surface area contributed by atoms with E-state index in [9.17, 15) is 4.79 Å². The Labute approximate surface area is 146 Å². The minimum Gasteiger partial charge on any atom is -0.334 e. The monoisotopic (exact) mass is 348 g/mol. The van der Waals surface area contributed by atoms with Crippen LogP contribution < -0.4 is 5.32 Å². The number of aryl methyl sites for hydroxylation is 1. The van der Waals surface area contributed by atoms with Gasteiger partial charge < -0.3 is 9.88 Å². The number of amides is 1. The van der Waals surface area contributed by atoms with Gasteiger partial charge in [-0.1, -0.05) is 0 Å². The van der Waals surface area contributed by atoms with Crippen molar-refractivity contribution in [3.8, 4) is 0 Å². The number of imidazole rings is 1. The van der Waals surface area contributed by atoms with Crippen molar-refractivity contribution in [1.29, 1.82) is 0 Å². The highest BCUT2D eigenvalue weighted by atomic mass is 32.1. The summed E-state index contributed by atoms with van der Waals surface area (Å²) < 4.78 is 2.18. The van der Waals surface area contributed by atoms with E-state index in [-0.39, 0.29) is 11.9 Å². The molecular weight excluding hydrogens is 324 g/mol. The van der Waals surface area contributed by atoms with Gasteiger partial charge in [0.2, 0.25) is 5.91 Å². The number of hydrogen-bond acceptors (Lipinski definition) is 6. The number of aromatic nitrogens is 3. The van der Waals surface area contributed by atoms with Crippen molar-refractivity contribution in [1.82, 2.24) is 24.3 Å². The van der Waals surface area contributed by atoms with Crippen molar-refractivity contribution in [2.75, 3.05) is 31.5 Å². The highest BCUT2D eigenvalue weighted by Gasteiger charge is 2.26. The molecule has 0 unspecified atom stereocenters. The van der Waals surface area contributed by atoms with Crippen molar-refractivity contribution >= 4 is 22.4 Å². The van der Waals surface area contributed by atoms with Crippen LogP contribution in [0.2, 0.25) is 0 Å². The average Bonchev–Trinajstić information content (AvgIpc) is 3.26. The normalized spacial score (nSPS) is 17.8. The Morgan fingerprint density at radius 3 is 2.75 bits per heavy atom. The summed E-state index contributed by atoms with van der Waals surface area (Å²) in [7, 11) is 0. The summed E-state index contributed by atoms with van der Waals surface area (Å²) in [6.45, 7) is 9.58. The van der Waals surface area contributed by atoms with E-state index in [2.05, 4.69) is 36.6 Å². The van der Waals surface area contributed by atoms with Crippen LogP contribution in [0.25, 0.3) is 0 Å². The van der Waals surface area contributed by atoms with E-state index in [1.54, 1.807) is 6.20 Å². The van der Waals surface area contributed by atoms with Crippen molar-refractivity contribution in [3.63, 3.8) is 0 Å². The lowest BCUT2D eigenvalue weighted by Gasteiger charge is -2.37. The molecule has 2 aromatic rings. The fourth-order valence-corrected chi connectivity index (χ4v) is 3.48. The molecule has 2 aromatic heterocycles. The smallest absolute Gasteiger partial charge is 0.243 e. The van der Waals surface area contributed by atoms with E-state index in [4.69, 9.17) is 0 Å². The van der Waals surface area contributed by atoms with E-state index in [1.165, 1.54) is 11.3 Å². The van der Waals surface area contributed by atoms with Crippen LogP contribution in [0.4, 0.5) is 5.13 Å². The molecule has 130 valence electrons. The zero-order valence-corrected chi connectivity index (χ0v) is 15.0. The maximum Gasteiger partial charge on any atom is 0.243 e. The second-order valence-corrected chi connectivity index (χ2v) is 6.84. The number of nitrogens with zero attached hydrogens (tertiary/aromatic N) is 5. The summed E-state index contributed by atoms with van der Waals surface area (Å²) in [5.74, 6) is 1.13.